The van der Waals surface area contributed by atoms with Crippen molar-refractivity contribution in [3.05, 3.63) is 29.8 Å². The Kier molecular flexibility index (Phi) is 5.96. The molecule has 2 aliphatic rings. The molecule has 1 aromatic carbocycles. The standard InChI is InChI=1S/C19H30N4O/c1-20-19(22-13-16-4-3-5-18(12-16)24-2)21-10-11-23(17-8-9-17)14-15-6-7-15/h3-5,12,15,17H,6-11,13-14H2,1-2H3,(H2,20,21,22). The minimum atomic E-state index is 0.741. The molecule has 0 spiro atoms. The summed E-state index contributed by atoms with van der Waals surface area (Å²) in [5, 5.41) is 6.81. The van der Waals surface area contributed by atoms with Crippen LogP contribution < -0.4 is 15.4 Å². The van der Waals surface area contributed by atoms with Crippen LogP contribution in [-0.4, -0.2) is 50.7 Å². The molecule has 1 aromatic rings. The molecule has 0 saturated heterocycles. The van der Waals surface area contributed by atoms with E-state index in [1.807, 2.05) is 25.2 Å². The van der Waals surface area contributed by atoms with Crippen molar-refractivity contribution in [2.75, 3.05) is 33.8 Å². The van der Waals surface area contributed by atoms with Crippen molar-refractivity contribution in [2.24, 2.45) is 10.9 Å². The van der Waals surface area contributed by atoms with Crippen LogP contribution in [0.4, 0.5) is 0 Å². The maximum absolute atomic E-state index is 5.27. The van der Waals surface area contributed by atoms with E-state index in [2.05, 4.69) is 26.6 Å². The molecule has 0 unspecified atom stereocenters. The van der Waals surface area contributed by atoms with E-state index in [1.165, 1.54) is 37.8 Å². The zero-order valence-corrected chi connectivity index (χ0v) is 14.9. The Bertz CT molecular complexity index is 552. The van der Waals surface area contributed by atoms with E-state index in [0.29, 0.717) is 0 Å². The Balaban J connectivity index is 1.39. The van der Waals surface area contributed by atoms with Crippen LogP contribution in [0.1, 0.15) is 31.2 Å². The van der Waals surface area contributed by atoms with E-state index in [0.717, 1.165) is 43.3 Å². The molecule has 2 N–H and O–H groups in total. The van der Waals surface area contributed by atoms with Crippen LogP contribution in [0.3, 0.4) is 0 Å². The van der Waals surface area contributed by atoms with E-state index in [1.54, 1.807) is 7.11 Å². The molecule has 0 aliphatic heterocycles. The van der Waals surface area contributed by atoms with Crippen molar-refractivity contribution in [2.45, 2.75) is 38.3 Å². The molecule has 0 bridgehead atoms. The molecule has 0 radical (unpaired) electrons. The van der Waals surface area contributed by atoms with Gasteiger partial charge < -0.3 is 15.4 Å². The highest BCUT2D eigenvalue weighted by molar-refractivity contribution is 5.79. The van der Waals surface area contributed by atoms with Gasteiger partial charge in [0.25, 0.3) is 0 Å². The summed E-state index contributed by atoms with van der Waals surface area (Å²) in [7, 11) is 3.52. The molecular formula is C19H30N4O. The quantitative estimate of drug-likeness (QED) is 0.538. The highest BCUT2D eigenvalue weighted by Gasteiger charge is 2.33. The zero-order chi connectivity index (χ0) is 16.8. The number of nitrogens with zero attached hydrogens (tertiary/aromatic N) is 2. The lowest BCUT2D eigenvalue weighted by molar-refractivity contribution is 0.256. The van der Waals surface area contributed by atoms with Crippen molar-refractivity contribution < 1.29 is 4.74 Å². The van der Waals surface area contributed by atoms with Gasteiger partial charge in [0.05, 0.1) is 7.11 Å². The third-order valence-corrected chi connectivity index (χ3v) is 4.76. The first-order valence-electron chi connectivity index (χ1n) is 9.10. The molecule has 2 saturated carbocycles. The normalized spacial score (nSPS) is 17.9. The first-order valence-corrected chi connectivity index (χ1v) is 9.10. The number of ether oxygens (including phenoxy) is 1. The van der Waals surface area contributed by atoms with Crippen molar-refractivity contribution in [3.8, 4) is 5.75 Å². The molecule has 2 fully saturated rings. The fraction of sp³-hybridized carbons (Fsp3) is 0.632. The molecule has 24 heavy (non-hydrogen) atoms. The number of hydrogen-bond donors (Lipinski definition) is 2. The second kappa shape index (κ2) is 8.38. The van der Waals surface area contributed by atoms with Gasteiger partial charge >= 0.3 is 0 Å². The summed E-state index contributed by atoms with van der Waals surface area (Å²) in [6.07, 6.45) is 5.63. The average molecular weight is 330 g/mol. The van der Waals surface area contributed by atoms with Crippen LogP contribution in [0.2, 0.25) is 0 Å². The van der Waals surface area contributed by atoms with Crippen LogP contribution in [0.5, 0.6) is 5.75 Å². The first kappa shape index (κ1) is 17.1. The van der Waals surface area contributed by atoms with E-state index < -0.39 is 0 Å². The summed E-state index contributed by atoms with van der Waals surface area (Å²) in [6, 6.07) is 8.96. The second-order valence-corrected chi connectivity index (χ2v) is 6.87. The molecule has 0 aromatic heterocycles. The third kappa shape index (κ3) is 5.41. The Morgan fingerprint density at radius 3 is 2.75 bits per heavy atom. The topological polar surface area (TPSA) is 48.9 Å². The van der Waals surface area contributed by atoms with Gasteiger partial charge in [-0.2, -0.15) is 0 Å². The largest absolute Gasteiger partial charge is 0.497 e. The minimum absolute atomic E-state index is 0.741. The number of aliphatic imine (C=N–C) groups is 1. The van der Waals surface area contributed by atoms with Gasteiger partial charge in [-0.1, -0.05) is 12.1 Å². The number of benzene rings is 1. The van der Waals surface area contributed by atoms with E-state index in [-0.39, 0.29) is 0 Å². The van der Waals surface area contributed by atoms with Crippen molar-refractivity contribution in [1.82, 2.24) is 15.5 Å². The van der Waals surface area contributed by atoms with Crippen LogP contribution >= 0.6 is 0 Å². The Morgan fingerprint density at radius 2 is 2.08 bits per heavy atom. The summed E-state index contributed by atoms with van der Waals surface area (Å²) in [6.45, 7) is 4.09. The summed E-state index contributed by atoms with van der Waals surface area (Å²) in [5.74, 6) is 2.72. The van der Waals surface area contributed by atoms with Crippen LogP contribution in [0.15, 0.2) is 29.3 Å². The predicted molar refractivity (Wildman–Crippen MR) is 98.5 cm³/mol. The fourth-order valence-electron chi connectivity index (χ4n) is 3.00. The van der Waals surface area contributed by atoms with Gasteiger partial charge in [-0.15, -0.1) is 0 Å². The number of nitrogens with one attached hydrogen (secondary N) is 2. The molecule has 2 aliphatic carbocycles. The smallest absolute Gasteiger partial charge is 0.191 e. The van der Waals surface area contributed by atoms with Gasteiger partial charge in [0.15, 0.2) is 5.96 Å². The van der Waals surface area contributed by atoms with Gasteiger partial charge in [0.1, 0.15) is 5.75 Å². The number of rotatable bonds is 9. The molecule has 0 amide bonds. The van der Waals surface area contributed by atoms with Gasteiger partial charge in [-0.05, 0) is 49.3 Å². The van der Waals surface area contributed by atoms with Crippen LogP contribution in [-0.2, 0) is 6.54 Å². The molecule has 0 heterocycles. The zero-order valence-electron chi connectivity index (χ0n) is 14.9. The van der Waals surface area contributed by atoms with Gasteiger partial charge in [0, 0.05) is 39.3 Å². The van der Waals surface area contributed by atoms with E-state index >= 15 is 0 Å². The maximum atomic E-state index is 5.27. The number of methoxy groups -OCH3 is 1. The lowest BCUT2D eigenvalue weighted by Gasteiger charge is -2.22. The average Bonchev–Trinajstić information content (AvgIpc) is 3.50. The number of guanidine groups is 1. The molecule has 5 heteroatoms. The Labute approximate surface area is 145 Å². The third-order valence-electron chi connectivity index (χ3n) is 4.76. The highest BCUT2D eigenvalue weighted by atomic mass is 16.5. The SMILES string of the molecule is CN=C(NCCN(CC1CC1)C1CC1)NCc1cccc(OC)c1. The van der Waals surface area contributed by atoms with Crippen LogP contribution in [0.25, 0.3) is 0 Å². The maximum Gasteiger partial charge on any atom is 0.191 e. The van der Waals surface area contributed by atoms with E-state index in [4.69, 9.17) is 4.74 Å². The predicted octanol–water partition coefficient (Wildman–Crippen LogP) is 2.23. The monoisotopic (exact) mass is 330 g/mol. The van der Waals surface area contributed by atoms with Gasteiger partial charge in [-0.25, -0.2) is 0 Å². The lowest BCUT2D eigenvalue weighted by Crippen LogP contribution is -2.42. The van der Waals surface area contributed by atoms with Gasteiger partial charge in [0.2, 0.25) is 0 Å². The van der Waals surface area contributed by atoms with E-state index in [9.17, 15) is 0 Å². The van der Waals surface area contributed by atoms with Gasteiger partial charge in [-0.3, -0.25) is 9.89 Å². The molecule has 0 atom stereocenters. The van der Waals surface area contributed by atoms with Crippen molar-refractivity contribution >= 4 is 5.96 Å². The first-order chi connectivity index (χ1) is 11.8. The summed E-state index contributed by atoms with van der Waals surface area (Å²) in [5.41, 5.74) is 1.19. The number of hydrogen-bond acceptors (Lipinski definition) is 3. The minimum Gasteiger partial charge on any atom is -0.497 e. The molecule has 132 valence electrons. The highest BCUT2D eigenvalue weighted by Crippen LogP contribution is 2.34. The molecular weight excluding hydrogens is 300 g/mol. The summed E-state index contributed by atoms with van der Waals surface area (Å²) in [4.78, 5) is 6.99. The summed E-state index contributed by atoms with van der Waals surface area (Å²) >= 11 is 0. The Hall–Kier alpha value is -1.75. The van der Waals surface area contributed by atoms with Crippen molar-refractivity contribution in [3.63, 3.8) is 0 Å². The lowest BCUT2D eigenvalue weighted by atomic mass is 10.2. The summed E-state index contributed by atoms with van der Waals surface area (Å²) < 4.78 is 5.27. The Morgan fingerprint density at radius 1 is 1.25 bits per heavy atom. The molecule has 5 nitrogen and oxygen atoms in total. The second-order valence-electron chi connectivity index (χ2n) is 6.87. The fourth-order valence-corrected chi connectivity index (χ4v) is 3.00. The molecule has 3 rings (SSSR count). The van der Waals surface area contributed by atoms with Crippen molar-refractivity contribution in [1.29, 1.82) is 0 Å². The van der Waals surface area contributed by atoms with Crippen LogP contribution in [0, 0.1) is 5.92 Å².